The van der Waals surface area contributed by atoms with E-state index in [1.54, 1.807) is 11.3 Å². The van der Waals surface area contributed by atoms with Crippen molar-refractivity contribution in [2.45, 2.75) is 33.2 Å². The minimum atomic E-state index is -0.773. The Hall–Kier alpha value is -0.940. The van der Waals surface area contributed by atoms with Crippen molar-refractivity contribution < 1.29 is 9.90 Å². The monoisotopic (exact) mass is 242 g/mol. The predicted molar refractivity (Wildman–Crippen MR) is 64.8 cm³/mol. The van der Waals surface area contributed by atoms with Crippen LogP contribution in [0.15, 0.2) is 5.38 Å². The van der Waals surface area contributed by atoms with E-state index in [9.17, 15) is 4.79 Å². The van der Waals surface area contributed by atoms with Crippen LogP contribution in [-0.4, -0.2) is 34.0 Å². The van der Waals surface area contributed by atoms with Crippen molar-refractivity contribution in [3.8, 4) is 0 Å². The van der Waals surface area contributed by atoms with Gasteiger partial charge in [-0.3, -0.25) is 9.69 Å². The number of thiazole rings is 1. The van der Waals surface area contributed by atoms with Crippen molar-refractivity contribution in [1.29, 1.82) is 0 Å². The number of hydrogen-bond donors (Lipinski definition) is 1. The molecule has 4 nitrogen and oxygen atoms in total. The smallest absolute Gasteiger partial charge is 0.305 e. The Morgan fingerprint density at radius 2 is 2.19 bits per heavy atom. The van der Waals surface area contributed by atoms with Crippen molar-refractivity contribution in [3.05, 3.63) is 16.1 Å². The number of hydrogen-bond acceptors (Lipinski definition) is 4. The van der Waals surface area contributed by atoms with Gasteiger partial charge < -0.3 is 5.11 Å². The van der Waals surface area contributed by atoms with Gasteiger partial charge in [0.1, 0.15) is 5.01 Å². The van der Waals surface area contributed by atoms with E-state index in [1.807, 2.05) is 26.2 Å². The molecule has 0 aromatic carbocycles. The molecule has 0 aliphatic rings. The normalized spacial score (nSPS) is 13.0. The van der Waals surface area contributed by atoms with E-state index < -0.39 is 5.97 Å². The van der Waals surface area contributed by atoms with E-state index >= 15 is 0 Å². The molecule has 0 amide bonds. The van der Waals surface area contributed by atoms with Crippen molar-refractivity contribution in [1.82, 2.24) is 9.88 Å². The fourth-order valence-electron chi connectivity index (χ4n) is 1.73. The van der Waals surface area contributed by atoms with Crippen molar-refractivity contribution >= 4 is 17.3 Å². The summed E-state index contributed by atoms with van der Waals surface area (Å²) in [6.07, 6.45) is 0.120. The molecule has 0 radical (unpaired) electrons. The Balaban J connectivity index is 2.90. The maximum Gasteiger partial charge on any atom is 0.305 e. The molecular formula is C11H18N2O2S. The number of aliphatic carboxylic acids is 1. The van der Waals surface area contributed by atoms with E-state index in [1.165, 1.54) is 0 Å². The number of aromatic nitrogens is 1. The van der Waals surface area contributed by atoms with Crippen molar-refractivity contribution in [2.24, 2.45) is 0 Å². The fraction of sp³-hybridized carbons (Fsp3) is 0.636. The molecule has 0 saturated carbocycles. The quantitative estimate of drug-likeness (QED) is 0.831. The molecule has 1 rings (SSSR count). The Kier molecular flexibility index (Phi) is 4.89. The van der Waals surface area contributed by atoms with E-state index in [0.29, 0.717) is 0 Å². The lowest BCUT2D eigenvalue weighted by Crippen LogP contribution is -2.30. The summed E-state index contributed by atoms with van der Waals surface area (Å²) in [6.45, 7) is 7.69. The lowest BCUT2D eigenvalue weighted by molar-refractivity contribution is -0.138. The zero-order valence-electron chi connectivity index (χ0n) is 9.93. The van der Waals surface area contributed by atoms with Gasteiger partial charge in [-0.05, 0) is 20.0 Å². The summed E-state index contributed by atoms with van der Waals surface area (Å²) in [5, 5.41) is 11.8. The number of aryl methyl sites for hydroxylation is 1. The summed E-state index contributed by atoms with van der Waals surface area (Å²) in [5.74, 6) is -0.773. The van der Waals surface area contributed by atoms with Crippen molar-refractivity contribution in [2.75, 3.05) is 13.1 Å². The van der Waals surface area contributed by atoms with Gasteiger partial charge in [0.2, 0.25) is 0 Å². The standard InChI is InChI=1S/C11H18N2O2S/c1-4-13(5-2)9(6-10(14)15)11-12-8(3)7-16-11/h7,9H,4-6H2,1-3H3,(H,14,15). The van der Waals surface area contributed by atoms with Crippen LogP contribution in [-0.2, 0) is 4.79 Å². The Morgan fingerprint density at radius 1 is 1.56 bits per heavy atom. The summed E-state index contributed by atoms with van der Waals surface area (Å²) >= 11 is 1.54. The summed E-state index contributed by atoms with van der Waals surface area (Å²) in [7, 11) is 0. The number of carboxylic acids is 1. The SMILES string of the molecule is CCN(CC)C(CC(=O)O)c1nc(C)cs1. The zero-order chi connectivity index (χ0) is 12.1. The molecule has 0 fully saturated rings. The molecule has 1 aromatic rings. The number of rotatable bonds is 6. The van der Waals surface area contributed by atoms with E-state index in [0.717, 1.165) is 23.8 Å². The van der Waals surface area contributed by atoms with Gasteiger partial charge in [-0.1, -0.05) is 13.8 Å². The number of nitrogens with zero attached hydrogens (tertiary/aromatic N) is 2. The molecular weight excluding hydrogens is 224 g/mol. The molecule has 0 spiro atoms. The van der Waals surface area contributed by atoms with Crippen LogP contribution < -0.4 is 0 Å². The fourth-order valence-corrected chi connectivity index (χ4v) is 2.66. The molecule has 1 unspecified atom stereocenters. The zero-order valence-corrected chi connectivity index (χ0v) is 10.8. The van der Waals surface area contributed by atoms with Crippen LogP contribution in [0.25, 0.3) is 0 Å². The number of carboxylic acid groups (broad SMARTS) is 1. The average Bonchev–Trinajstić information content (AvgIpc) is 2.64. The molecule has 0 saturated heterocycles. The number of carbonyl (C=O) groups is 1. The summed E-state index contributed by atoms with van der Waals surface area (Å²) in [5.41, 5.74) is 0.961. The van der Waals surface area contributed by atoms with Crippen LogP contribution in [0.2, 0.25) is 0 Å². The van der Waals surface area contributed by atoms with Gasteiger partial charge in [0.15, 0.2) is 0 Å². The van der Waals surface area contributed by atoms with Gasteiger partial charge in [0.25, 0.3) is 0 Å². The second-order valence-corrected chi connectivity index (χ2v) is 4.55. The van der Waals surface area contributed by atoms with Crippen LogP contribution in [0, 0.1) is 6.92 Å². The topological polar surface area (TPSA) is 53.4 Å². The molecule has 90 valence electrons. The average molecular weight is 242 g/mol. The second kappa shape index (κ2) is 5.96. The molecule has 0 aliphatic heterocycles. The van der Waals surface area contributed by atoms with Crippen molar-refractivity contribution in [3.63, 3.8) is 0 Å². The maximum absolute atomic E-state index is 10.9. The van der Waals surface area contributed by atoms with Crippen LogP contribution in [0.4, 0.5) is 0 Å². The van der Waals surface area contributed by atoms with E-state index in [-0.39, 0.29) is 12.5 Å². The molecule has 0 aliphatic carbocycles. The van der Waals surface area contributed by atoms with Gasteiger partial charge in [0, 0.05) is 11.1 Å². The summed E-state index contributed by atoms with van der Waals surface area (Å²) in [4.78, 5) is 17.4. The minimum absolute atomic E-state index is 0.0915. The second-order valence-electron chi connectivity index (χ2n) is 3.66. The maximum atomic E-state index is 10.9. The van der Waals surface area contributed by atoms with Gasteiger partial charge in [0.05, 0.1) is 12.5 Å². The van der Waals surface area contributed by atoms with Gasteiger partial charge in [-0.15, -0.1) is 11.3 Å². The highest BCUT2D eigenvalue weighted by Gasteiger charge is 2.23. The highest BCUT2D eigenvalue weighted by atomic mass is 32.1. The third kappa shape index (κ3) is 3.28. The largest absolute Gasteiger partial charge is 0.481 e. The molecule has 1 aromatic heterocycles. The Bertz CT molecular complexity index is 348. The first-order chi connectivity index (χ1) is 7.58. The molecule has 1 atom stereocenters. The van der Waals surface area contributed by atoms with Gasteiger partial charge >= 0.3 is 5.97 Å². The molecule has 0 bridgehead atoms. The third-order valence-electron chi connectivity index (χ3n) is 2.54. The van der Waals surface area contributed by atoms with E-state index in [4.69, 9.17) is 5.11 Å². The summed E-state index contributed by atoms with van der Waals surface area (Å²) in [6, 6.07) is -0.0915. The van der Waals surface area contributed by atoms with Crippen LogP contribution in [0.5, 0.6) is 0 Å². The molecule has 1 heterocycles. The van der Waals surface area contributed by atoms with Crippen LogP contribution in [0.1, 0.15) is 37.0 Å². The summed E-state index contributed by atoms with van der Waals surface area (Å²) < 4.78 is 0. The molecule has 1 N–H and O–H groups in total. The first-order valence-electron chi connectivity index (χ1n) is 5.46. The lowest BCUT2D eigenvalue weighted by Gasteiger charge is -2.26. The Labute approximate surface area is 99.9 Å². The van der Waals surface area contributed by atoms with Gasteiger partial charge in [-0.25, -0.2) is 4.98 Å². The lowest BCUT2D eigenvalue weighted by atomic mass is 10.2. The molecule has 16 heavy (non-hydrogen) atoms. The first-order valence-corrected chi connectivity index (χ1v) is 6.34. The van der Waals surface area contributed by atoms with Crippen LogP contribution >= 0.6 is 11.3 Å². The van der Waals surface area contributed by atoms with Crippen LogP contribution in [0.3, 0.4) is 0 Å². The Morgan fingerprint density at radius 3 is 2.56 bits per heavy atom. The predicted octanol–water partition coefficient (Wildman–Crippen LogP) is 2.31. The highest BCUT2D eigenvalue weighted by molar-refractivity contribution is 7.09. The first kappa shape index (κ1) is 13.1. The van der Waals surface area contributed by atoms with Gasteiger partial charge in [-0.2, -0.15) is 0 Å². The molecule has 5 heteroatoms. The minimum Gasteiger partial charge on any atom is -0.481 e. The van der Waals surface area contributed by atoms with E-state index in [2.05, 4.69) is 9.88 Å². The third-order valence-corrected chi connectivity index (χ3v) is 3.61. The highest BCUT2D eigenvalue weighted by Crippen LogP contribution is 2.26.